The van der Waals surface area contributed by atoms with Crippen LogP contribution in [-0.2, 0) is 11.0 Å². The van der Waals surface area contributed by atoms with Crippen molar-refractivity contribution in [1.82, 2.24) is 9.88 Å². The number of nitrogens with one attached hydrogen (secondary N) is 2. The molecule has 43 heavy (non-hydrogen) atoms. The van der Waals surface area contributed by atoms with Gasteiger partial charge in [0.15, 0.2) is 0 Å². The van der Waals surface area contributed by atoms with Gasteiger partial charge in [0.1, 0.15) is 23.0 Å². The predicted octanol–water partition coefficient (Wildman–Crippen LogP) is 6.35. The monoisotopic (exact) mass is 598 g/mol. The highest BCUT2D eigenvalue weighted by molar-refractivity contribution is 5.90. The highest BCUT2D eigenvalue weighted by atomic mass is 19.4. The molecular formula is C31H37F3N6O3. The van der Waals surface area contributed by atoms with Gasteiger partial charge in [-0.2, -0.15) is 18.2 Å². The van der Waals surface area contributed by atoms with Crippen molar-refractivity contribution in [1.29, 1.82) is 0 Å². The third-order valence-electron chi connectivity index (χ3n) is 7.67. The number of nitrogens with zero attached hydrogens (tertiary/aromatic N) is 4. The molecule has 12 heteroatoms. The largest absolute Gasteiger partial charge is 0.494 e. The number of piperidine rings is 1. The lowest BCUT2D eigenvalue weighted by Gasteiger charge is -2.34. The van der Waals surface area contributed by atoms with Crippen molar-refractivity contribution in [3.05, 3.63) is 54.1 Å². The van der Waals surface area contributed by atoms with Crippen LogP contribution in [-0.4, -0.2) is 69.2 Å². The SMILES string of the molecule is COc1cc(N2CCN(C)CC2)ccc1Nc1ccc(N2CCCCC2)c(Oc2ccc(C(F)(F)F)c(NC(C)=O)c2)n1. The smallest absolute Gasteiger partial charge is 0.418 e. The Morgan fingerprint density at radius 3 is 2.30 bits per heavy atom. The van der Waals surface area contributed by atoms with Crippen molar-refractivity contribution >= 4 is 34.5 Å². The van der Waals surface area contributed by atoms with Crippen LogP contribution >= 0.6 is 0 Å². The van der Waals surface area contributed by atoms with Gasteiger partial charge in [-0.15, -0.1) is 0 Å². The van der Waals surface area contributed by atoms with Crippen molar-refractivity contribution in [3.8, 4) is 17.4 Å². The number of rotatable bonds is 8. The van der Waals surface area contributed by atoms with Crippen LogP contribution in [0.15, 0.2) is 48.5 Å². The van der Waals surface area contributed by atoms with Crippen molar-refractivity contribution < 1.29 is 27.4 Å². The topological polar surface area (TPSA) is 82.2 Å². The quantitative estimate of drug-likeness (QED) is 0.311. The molecule has 3 heterocycles. The number of aromatic nitrogens is 1. The molecule has 0 radical (unpaired) electrons. The fourth-order valence-electron chi connectivity index (χ4n) is 5.37. The Balaban J connectivity index is 1.45. The number of ether oxygens (including phenoxy) is 2. The molecule has 0 atom stereocenters. The van der Waals surface area contributed by atoms with Gasteiger partial charge in [0, 0.05) is 64.0 Å². The van der Waals surface area contributed by atoms with Gasteiger partial charge >= 0.3 is 6.18 Å². The lowest BCUT2D eigenvalue weighted by atomic mass is 10.1. The zero-order chi connectivity index (χ0) is 30.6. The van der Waals surface area contributed by atoms with Crippen LogP contribution in [0.5, 0.6) is 17.4 Å². The molecule has 2 aliphatic rings. The molecular weight excluding hydrogens is 561 g/mol. The first-order valence-electron chi connectivity index (χ1n) is 14.4. The molecule has 2 aromatic carbocycles. The second-order valence-electron chi connectivity index (χ2n) is 10.9. The minimum absolute atomic E-state index is 0.119. The molecule has 5 rings (SSSR count). The summed E-state index contributed by atoms with van der Waals surface area (Å²) in [5.41, 5.74) is 1.19. The molecule has 0 bridgehead atoms. The van der Waals surface area contributed by atoms with E-state index in [1.807, 2.05) is 30.3 Å². The van der Waals surface area contributed by atoms with Crippen molar-refractivity contribution in [2.45, 2.75) is 32.4 Å². The average molecular weight is 599 g/mol. The molecule has 2 aliphatic heterocycles. The van der Waals surface area contributed by atoms with Crippen LogP contribution < -0.4 is 29.9 Å². The summed E-state index contributed by atoms with van der Waals surface area (Å²) in [7, 11) is 3.74. The number of carbonyl (C=O) groups excluding carboxylic acids is 1. The normalized spacial score (nSPS) is 16.1. The summed E-state index contributed by atoms with van der Waals surface area (Å²) in [6.07, 6.45) is -1.48. The van der Waals surface area contributed by atoms with Gasteiger partial charge < -0.3 is 34.8 Å². The van der Waals surface area contributed by atoms with Crippen molar-refractivity contribution in [2.75, 3.05) is 73.9 Å². The Bertz CT molecular complexity index is 1440. The molecule has 2 fully saturated rings. The predicted molar refractivity (Wildman–Crippen MR) is 162 cm³/mol. The number of halogens is 3. The molecule has 9 nitrogen and oxygen atoms in total. The number of methoxy groups -OCH3 is 1. The maximum absolute atomic E-state index is 13.6. The number of likely N-dealkylation sites (N-methyl/N-ethyl adjacent to an activating group) is 1. The molecule has 0 unspecified atom stereocenters. The van der Waals surface area contributed by atoms with E-state index in [0.29, 0.717) is 17.3 Å². The van der Waals surface area contributed by atoms with E-state index in [0.717, 1.165) is 82.9 Å². The Hall–Kier alpha value is -4.19. The molecule has 3 aromatic rings. The van der Waals surface area contributed by atoms with Gasteiger partial charge in [0.25, 0.3) is 0 Å². The van der Waals surface area contributed by atoms with E-state index in [-0.39, 0.29) is 17.3 Å². The van der Waals surface area contributed by atoms with Gasteiger partial charge in [-0.3, -0.25) is 4.79 Å². The summed E-state index contributed by atoms with van der Waals surface area (Å²) in [5, 5.41) is 5.59. The van der Waals surface area contributed by atoms with Gasteiger partial charge in [0.2, 0.25) is 11.8 Å². The third-order valence-corrected chi connectivity index (χ3v) is 7.67. The molecule has 1 aromatic heterocycles. The second kappa shape index (κ2) is 13.0. The highest BCUT2D eigenvalue weighted by Crippen LogP contribution is 2.40. The molecule has 0 aliphatic carbocycles. The van der Waals surface area contributed by atoms with E-state index in [9.17, 15) is 18.0 Å². The Labute approximate surface area is 249 Å². The zero-order valence-electron chi connectivity index (χ0n) is 24.6. The summed E-state index contributed by atoms with van der Waals surface area (Å²) >= 11 is 0. The van der Waals surface area contributed by atoms with Gasteiger partial charge in [0.05, 0.1) is 24.0 Å². The van der Waals surface area contributed by atoms with E-state index in [1.54, 1.807) is 7.11 Å². The number of piperazine rings is 1. The first-order valence-corrected chi connectivity index (χ1v) is 14.4. The number of hydrogen-bond donors (Lipinski definition) is 2. The molecule has 0 saturated carbocycles. The molecule has 1 amide bonds. The van der Waals surface area contributed by atoms with Crippen LogP contribution in [0.2, 0.25) is 0 Å². The third kappa shape index (κ3) is 7.42. The first-order chi connectivity index (χ1) is 20.6. The van der Waals surface area contributed by atoms with E-state index < -0.39 is 17.6 Å². The van der Waals surface area contributed by atoms with E-state index >= 15 is 0 Å². The number of alkyl halides is 3. The highest BCUT2D eigenvalue weighted by Gasteiger charge is 2.34. The maximum atomic E-state index is 13.6. The first kappa shape index (κ1) is 30.3. The lowest BCUT2D eigenvalue weighted by Crippen LogP contribution is -2.44. The standard InChI is InChI=1S/C31H37F3N6O3/c1-21(41)35-26-20-23(8-9-24(26)31(32,33)34)43-30-27(40-13-5-4-6-14-40)11-12-29(37-30)36-25-10-7-22(19-28(25)42-3)39-17-15-38(2)16-18-39/h7-12,19-20H,4-6,13-18H2,1-3H3,(H,35,41)(H,36,37). The number of amides is 1. The Morgan fingerprint density at radius 2 is 1.63 bits per heavy atom. The van der Waals surface area contributed by atoms with Gasteiger partial charge in [-0.1, -0.05) is 0 Å². The summed E-state index contributed by atoms with van der Waals surface area (Å²) in [5.74, 6) is 0.884. The summed E-state index contributed by atoms with van der Waals surface area (Å²) < 4.78 is 52.6. The molecule has 2 N–H and O–H groups in total. The van der Waals surface area contributed by atoms with E-state index in [4.69, 9.17) is 14.5 Å². The van der Waals surface area contributed by atoms with Gasteiger partial charge in [-0.25, -0.2) is 0 Å². The molecule has 2 saturated heterocycles. The minimum atomic E-state index is -4.64. The van der Waals surface area contributed by atoms with E-state index in [2.05, 4.69) is 32.4 Å². The van der Waals surface area contributed by atoms with Crippen LogP contribution in [0.4, 0.5) is 41.7 Å². The average Bonchev–Trinajstić information content (AvgIpc) is 2.97. The summed E-state index contributed by atoms with van der Waals surface area (Å²) in [4.78, 5) is 23.2. The fourth-order valence-corrected chi connectivity index (χ4v) is 5.37. The van der Waals surface area contributed by atoms with Crippen molar-refractivity contribution in [3.63, 3.8) is 0 Å². The van der Waals surface area contributed by atoms with Gasteiger partial charge in [-0.05, 0) is 62.7 Å². The molecule has 0 spiro atoms. The number of pyridine rings is 1. The molecule has 230 valence electrons. The number of benzene rings is 2. The van der Waals surface area contributed by atoms with E-state index in [1.165, 1.54) is 12.1 Å². The maximum Gasteiger partial charge on any atom is 0.418 e. The summed E-state index contributed by atoms with van der Waals surface area (Å²) in [6.45, 7) is 6.63. The zero-order valence-corrected chi connectivity index (χ0v) is 24.6. The Kier molecular flexibility index (Phi) is 9.14. The lowest BCUT2D eigenvalue weighted by molar-refractivity contribution is -0.137. The summed E-state index contributed by atoms with van der Waals surface area (Å²) in [6, 6.07) is 13.0. The minimum Gasteiger partial charge on any atom is -0.494 e. The number of anilines is 5. The van der Waals surface area contributed by atoms with Crippen molar-refractivity contribution in [2.24, 2.45) is 0 Å². The number of hydrogen-bond acceptors (Lipinski definition) is 8. The van der Waals surface area contributed by atoms with Crippen LogP contribution in [0, 0.1) is 0 Å². The number of carbonyl (C=O) groups is 1. The van der Waals surface area contributed by atoms with Crippen LogP contribution in [0.1, 0.15) is 31.7 Å². The van der Waals surface area contributed by atoms with Crippen LogP contribution in [0.3, 0.4) is 0 Å². The fraction of sp³-hybridized carbons (Fsp3) is 0.419. The van der Waals surface area contributed by atoms with Crippen LogP contribution in [0.25, 0.3) is 0 Å². The second-order valence-corrected chi connectivity index (χ2v) is 10.9. The Morgan fingerprint density at radius 1 is 0.884 bits per heavy atom.